The van der Waals surface area contributed by atoms with E-state index >= 15 is 0 Å². The summed E-state index contributed by atoms with van der Waals surface area (Å²) in [5.74, 6) is 1.98. The Kier molecular flexibility index (Phi) is 5.02. The summed E-state index contributed by atoms with van der Waals surface area (Å²) in [6, 6.07) is 2.83. The van der Waals surface area contributed by atoms with Crippen molar-refractivity contribution in [1.29, 1.82) is 0 Å². The lowest BCUT2D eigenvalue weighted by Gasteiger charge is -2.37. The molecule has 1 aliphatic rings. The first-order valence-electron chi connectivity index (χ1n) is 7.38. The third-order valence-electron chi connectivity index (χ3n) is 4.26. The lowest BCUT2D eigenvalue weighted by atomic mass is 10.2. The largest absolute Gasteiger partial charge is 0.463 e. The summed E-state index contributed by atoms with van der Waals surface area (Å²) >= 11 is 0. The molecule has 0 saturated carbocycles. The number of furan rings is 1. The average molecular weight is 265 g/mol. The van der Waals surface area contributed by atoms with Crippen molar-refractivity contribution >= 4 is 0 Å². The predicted octanol–water partition coefficient (Wildman–Crippen LogP) is 1.96. The van der Waals surface area contributed by atoms with Crippen LogP contribution in [-0.2, 0) is 13.1 Å². The van der Waals surface area contributed by atoms with E-state index in [2.05, 4.69) is 36.6 Å². The maximum absolute atomic E-state index is 5.78. The fraction of sp³-hybridized carbons (Fsp3) is 0.733. The Hall–Kier alpha value is -0.840. The molecular weight excluding hydrogens is 238 g/mol. The van der Waals surface area contributed by atoms with Crippen LogP contribution in [0.25, 0.3) is 0 Å². The molecule has 0 spiro atoms. The molecule has 0 radical (unpaired) electrons. The van der Waals surface area contributed by atoms with Crippen LogP contribution in [0.5, 0.6) is 0 Å². The van der Waals surface area contributed by atoms with Gasteiger partial charge in [-0.1, -0.05) is 6.92 Å². The Morgan fingerprint density at radius 2 is 2.00 bits per heavy atom. The molecule has 19 heavy (non-hydrogen) atoms. The van der Waals surface area contributed by atoms with Crippen LogP contribution in [0.1, 0.15) is 37.4 Å². The maximum Gasteiger partial charge on any atom is 0.120 e. The van der Waals surface area contributed by atoms with E-state index in [1.165, 1.54) is 25.1 Å². The Morgan fingerprint density at radius 3 is 2.53 bits per heavy atom. The normalized spacial score (nSPS) is 19.8. The average Bonchev–Trinajstić information content (AvgIpc) is 2.78. The Balaban J connectivity index is 1.85. The molecule has 1 aromatic heterocycles. The second-order valence-corrected chi connectivity index (χ2v) is 5.59. The van der Waals surface area contributed by atoms with Crippen LogP contribution < -0.4 is 5.73 Å². The van der Waals surface area contributed by atoms with E-state index in [-0.39, 0.29) is 0 Å². The molecule has 1 atom stereocenters. The van der Waals surface area contributed by atoms with E-state index in [1.807, 2.05) is 0 Å². The van der Waals surface area contributed by atoms with Crippen molar-refractivity contribution < 1.29 is 4.42 Å². The summed E-state index contributed by atoms with van der Waals surface area (Å²) in [5.41, 5.74) is 6.83. The molecule has 0 aliphatic carbocycles. The van der Waals surface area contributed by atoms with E-state index in [0.717, 1.165) is 31.2 Å². The van der Waals surface area contributed by atoms with Gasteiger partial charge in [0.15, 0.2) is 0 Å². The minimum atomic E-state index is 0.494. The third kappa shape index (κ3) is 3.59. The predicted molar refractivity (Wildman–Crippen MR) is 77.9 cm³/mol. The number of nitrogens with two attached hydrogens (primary N) is 1. The highest BCUT2D eigenvalue weighted by Crippen LogP contribution is 2.17. The van der Waals surface area contributed by atoms with Crippen molar-refractivity contribution in [3.8, 4) is 0 Å². The van der Waals surface area contributed by atoms with Crippen LogP contribution in [-0.4, -0.2) is 42.0 Å². The van der Waals surface area contributed by atoms with Gasteiger partial charge in [-0.15, -0.1) is 0 Å². The molecule has 1 unspecified atom stereocenters. The summed E-state index contributed by atoms with van der Waals surface area (Å²) in [7, 11) is 0. The monoisotopic (exact) mass is 265 g/mol. The molecule has 1 saturated heterocycles. The summed E-state index contributed by atoms with van der Waals surface area (Å²) < 4.78 is 5.78. The van der Waals surface area contributed by atoms with Crippen LogP contribution in [0, 0.1) is 6.92 Å². The molecule has 2 heterocycles. The summed E-state index contributed by atoms with van der Waals surface area (Å²) in [4.78, 5) is 5.05. The smallest absolute Gasteiger partial charge is 0.120 e. The van der Waals surface area contributed by atoms with Crippen LogP contribution in [0.2, 0.25) is 0 Å². The van der Waals surface area contributed by atoms with Crippen molar-refractivity contribution in [2.24, 2.45) is 5.73 Å². The number of hydrogen-bond acceptors (Lipinski definition) is 4. The van der Waals surface area contributed by atoms with Gasteiger partial charge >= 0.3 is 0 Å². The van der Waals surface area contributed by atoms with Crippen molar-refractivity contribution in [2.45, 2.75) is 46.3 Å². The van der Waals surface area contributed by atoms with E-state index in [1.54, 1.807) is 0 Å². The molecular formula is C15H27N3O. The van der Waals surface area contributed by atoms with Crippen molar-refractivity contribution in [2.75, 3.05) is 26.2 Å². The zero-order valence-electron chi connectivity index (χ0n) is 12.5. The highest BCUT2D eigenvalue weighted by molar-refractivity contribution is 5.19. The number of piperazine rings is 1. The first-order valence-corrected chi connectivity index (χ1v) is 7.38. The van der Waals surface area contributed by atoms with E-state index in [4.69, 9.17) is 10.2 Å². The van der Waals surface area contributed by atoms with Gasteiger partial charge in [0.1, 0.15) is 11.5 Å². The van der Waals surface area contributed by atoms with Gasteiger partial charge in [-0.3, -0.25) is 9.80 Å². The maximum atomic E-state index is 5.78. The van der Waals surface area contributed by atoms with Crippen molar-refractivity contribution in [3.63, 3.8) is 0 Å². The van der Waals surface area contributed by atoms with Crippen molar-refractivity contribution in [3.05, 3.63) is 23.2 Å². The van der Waals surface area contributed by atoms with Crippen LogP contribution >= 0.6 is 0 Å². The Morgan fingerprint density at radius 1 is 1.32 bits per heavy atom. The van der Waals surface area contributed by atoms with Gasteiger partial charge in [-0.25, -0.2) is 0 Å². The first kappa shape index (κ1) is 14.6. The van der Waals surface area contributed by atoms with Crippen LogP contribution in [0.3, 0.4) is 0 Å². The zero-order chi connectivity index (χ0) is 13.8. The first-order chi connectivity index (χ1) is 9.13. The second-order valence-electron chi connectivity index (χ2n) is 5.59. The van der Waals surface area contributed by atoms with Gasteiger partial charge < -0.3 is 10.2 Å². The van der Waals surface area contributed by atoms with Gasteiger partial charge in [-0.2, -0.15) is 0 Å². The van der Waals surface area contributed by atoms with E-state index < -0.39 is 0 Å². The molecule has 2 rings (SSSR count). The number of aryl methyl sites for hydroxylation is 1. The van der Waals surface area contributed by atoms with Gasteiger partial charge in [0.25, 0.3) is 0 Å². The quantitative estimate of drug-likeness (QED) is 0.884. The molecule has 0 amide bonds. The molecule has 2 N–H and O–H groups in total. The third-order valence-corrected chi connectivity index (χ3v) is 4.26. The minimum absolute atomic E-state index is 0.494. The molecule has 1 aromatic rings. The molecule has 4 nitrogen and oxygen atoms in total. The van der Waals surface area contributed by atoms with Crippen LogP contribution in [0.15, 0.2) is 10.5 Å². The summed E-state index contributed by atoms with van der Waals surface area (Å²) in [5, 5.41) is 0. The molecule has 1 fully saturated rings. The van der Waals surface area contributed by atoms with Gasteiger partial charge in [0.05, 0.1) is 13.1 Å². The molecule has 108 valence electrons. The SMILES string of the molecule is CCC(C)N1CCN(Cc2cc(C)c(CN)o2)CC1. The second kappa shape index (κ2) is 6.55. The zero-order valence-corrected chi connectivity index (χ0v) is 12.5. The highest BCUT2D eigenvalue weighted by atomic mass is 16.3. The standard InChI is InChI=1S/C15H27N3O/c1-4-13(3)18-7-5-17(6-8-18)11-14-9-12(2)15(10-16)19-14/h9,13H,4-8,10-11,16H2,1-3H3. The summed E-state index contributed by atoms with van der Waals surface area (Å²) in [6.07, 6.45) is 1.23. The fourth-order valence-electron chi connectivity index (χ4n) is 2.71. The number of hydrogen-bond donors (Lipinski definition) is 1. The topological polar surface area (TPSA) is 45.6 Å². The molecule has 0 aromatic carbocycles. The van der Waals surface area contributed by atoms with E-state index in [9.17, 15) is 0 Å². The molecule has 1 aliphatic heterocycles. The number of rotatable bonds is 5. The highest BCUT2D eigenvalue weighted by Gasteiger charge is 2.21. The Bertz CT molecular complexity index is 394. The number of nitrogens with zero attached hydrogens (tertiary/aromatic N) is 2. The Labute approximate surface area is 116 Å². The molecule has 4 heteroatoms. The van der Waals surface area contributed by atoms with Crippen molar-refractivity contribution in [1.82, 2.24) is 9.80 Å². The van der Waals surface area contributed by atoms with Gasteiger partial charge in [0.2, 0.25) is 0 Å². The fourth-order valence-corrected chi connectivity index (χ4v) is 2.71. The lowest BCUT2D eigenvalue weighted by molar-refractivity contribution is 0.0917. The minimum Gasteiger partial charge on any atom is -0.463 e. The van der Waals surface area contributed by atoms with Gasteiger partial charge in [0, 0.05) is 32.2 Å². The van der Waals surface area contributed by atoms with Crippen LogP contribution in [0.4, 0.5) is 0 Å². The lowest BCUT2D eigenvalue weighted by Crippen LogP contribution is -2.48. The summed E-state index contributed by atoms with van der Waals surface area (Å²) in [6.45, 7) is 12.6. The van der Waals surface area contributed by atoms with E-state index in [0.29, 0.717) is 12.6 Å². The van der Waals surface area contributed by atoms with Gasteiger partial charge in [-0.05, 0) is 31.9 Å². The molecule has 0 bridgehead atoms.